The van der Waals surface area contributed by atoms with Crippen molar-refractivity contribution in [3.05, 3.63) is 59.9 Å². The first-order valence-corrected chi connectivity index (χ1v) is 10.3. The Balaban J connectivity index is 1.82. The topological polar surface area (TPSA) is 35.5 Å². The van der Waals surface area contributed by atoms with Crippen LogP contribution in [0.4, 0.5) is 4.39 Å². The summed E-state index contributed by atoms with van der Waals surface area (Å²) in [6.07, 6.45) is 7.59. The van der Waals surface area contributed by atoms with Crippen LogP contribution in [0.5, 0.6) is 11.5 Å². The average molecular weight is 384 g/mol. The number of carbonyl (C=O) groups is 1. The van der Waals surface area contributed by atoms with E-state index in [4.69, 9.17) is 9.47 Å². The lowest BCUT2D eigenvalue weighted by atomic mass is 9.79. The summed E-state index contributed by atoms with van der Waals surface area (Å²) >= 11 is 0. The van der Waals surface area contributed by atoms with Crippen LogP contribution in [0.1, 0.15) is 69.2 Å². The number of ether oxygens (including phenoxy) is 2. The third-order valence-corrected chi connectivity index (χ3v) is 5.69. The highest BCUT2D eigenvalue weighted by Crippen LogP contribution is 2.38. The maximum Gasteiger partial charge on any atom is 0.343 e. The Morgan fingerprint density at radius 3 is 2.25 bits per heavy atom. The minimum absolute atomic E-state index is 0.136. The molecule has 0 radical (unpaired) electrons. The summed E-state index contributed by atoms with van der Waals surface area (Å²) in [4.78, 5) is 12.5. The second kappa shape index (κ2) is 9.22. The lowest BCUT2D eigenvalue weighted by Crippen LogP contribution is -2.42. The minimum atomic E-state index is -0.521. The smallest absolute Gasteiger partial charge is 0.343 e. The number of hydrogen-bond donors (Lipinski definition) is 0. The van der Waals surface area contributed by atoms with Crippen LogP contribution in [0.15, 0.2) is 48.5 Å². The number of benzene rings is 2. The summed E-state index contributed by atoms with van der Waals surface area (Å²) in [6, 6.07) is 13.1. The number of rotatable bonds is 5. The first-order chi connectivity index (χ1) is 13.5. The van der Waals surface area contributed by atoms with E-state index < -0.39 is 17.4 Å². The SMILES string of the molecule is CC(C)C1(Oc2cc(C(=O)Oc3ccccc3)ccc2F)CCCCCCC1. The van der Waals surface area contributed by atoms with Crippen LogP contribution in [-0.2, 0) is 0 Å². The van der Waals surface area contributed by atoms with E-state index in [1.54, 1.807) is 24.3 Å². The zero-order valence-electron chi connectivity index (χ0n) is 16.7. The van der Waals surface area contributed by atoms with Gasteiger partial charge in [0.05, 0.1) is 5.56 Å². The van der Waals surface area contributed by atoms with Crippen molar-refractivity contribution in [2.24, 2.45) is 5.92 Å². The summed E-state index contributed by atoms with van der Waals surface area (Å²) in [5, 5.41) is 0. The van der Waals surface area contributed by atoms with Crippen molar-refractivity contribution in [1.82, 2.24) is 0 Å². The Morgan fingerprint density at radius 2 is 1.61 bits per heavy atom. The molecule has 0 aliphatic heterocycles. The average Bonchev–Trinajstić information content (AvgIpc) is 2.66. The van der Waals surface area contributed by atoms with Crippen LogP contribution < -0.4 is 9.47 Å². The Bertz CT molecular complexity index is 778. The Labute approximate surface area is 166 Å². The molecule has 4 heteroatoms. The lowest BCUT2D eigenvalue weighted by molar-refractivity contribution is -0.00576. The van der Waals surface area contributed by atoms with Gasteiger partial charge in [-0.1, -0.05) is 51.3 Å². The van der Waals surface area contributed by atoms with Gasteiger partial charge in [0.15, 0.2) is 11.6 Å². The molecule has 0 spiro atoms. The van der Waals surface area contributed by atoms with Crippen molar-refractivity contribution in [3.8, 4) is 11.5 Å². The lowest BCUT2D eigenvalue weighted by Gasteiger charge is -2.39. The maximum atomic E-state index is 14.6. The predicted molar refractivity (Wildman–Crippen MR) is 108 cm³/mol. The third-order valence-electron chi connectivity index (χ3n) is 5.69. The van der Waals surface area contributed by atoms with Crippen molar-refractivity contribution in [3.63, 3.8) is 0 Å². The molecule has 3 rings (SSSR count). The van der Waals surface area contributed by atoms with Crippen molar-refractivity contribution in [2.75, 3.05) is 0 Å². The predicted octanol–water partition coefficient (Wildman–Crippen LogP) is 6.56. The molecule has 0 unspecified atom stereocenters. The van der Waals surface area contributed by atoms with Crippen molar-refractivity contribution in [1.29, 1.82) is 0 Å². The summed E-state index contributed by atoms with van der Waals surface area (Å²) in [6.45, 7) is 4.26. The first-order valence-electron chi connectivity index (χ1n) is 10.3. The highest BCUT2D eigenvalue weighted by molar-refractivity contribution is 5.91. The molecule has 0 saturated heterocycles. The number of carbonyl (C=O) groups excluding carboxylic acids is 1. The van der Waals surface area contributed by atoms with Gasteiger partial charge in [0, 0.05) is 0 Å². The molecule has 2 aromatic rings. The van der Waals surface area contributed by atoms with Crippen LogP contribution in [0.3, 0.4) is 0 Å². The van der Waals surface area contributed by atoms with Gasteiger partial charge in [0.1, 0.15) is 11.4 Å². The number of para-hydroxylation sites is 1. The molecule has 0 aromatic heterocycles. The molecule has 0 heterocycles. The van der Waals surface area contributed by atoms with E-state index in [1.807, 2.05) is 6.07 Å². The second-order valence-electron chi connectivity index (χ2n) is 7.94. The first kappa shape index (κ1) is 20.4. The molecule has 1 fully saturated rings. The fourth-order valence-corrected chi connectivity index (χ4v) is 3.88. The zero-order valence-corrected chi connectivity index (χ0v) is 16.7. The number of esters is 1. The molecule has 2 aromatic carbocycles. The molecular weight excluding hydrogens is 355 g/mol. The Morgan fingerprint density at radius 1 is 0.964 bits per heavy atom. The monoisotopic (exact) mass is 384 g/mol. The second-order valence-corrected chi connectivity index (χ2v) is 7.94. The van der Waals surface area contributed by atoms with Crippen molar-refractivity contribution >= 4 is 5.97 Å². The molecule has 0 atom stereocenters. The molecule has 1 aliphatic carbocycles. The summed E-state index contributed by atoms with van der Waals surface area (Å²) in [7, 11) is 0. The van der Waals surface area contributed by atoms with Crippen LogP contribution in [0.2, 0.25) is 0 Å². The Kier molecular flexibility index (Phi) is 6.71. The highest BCUT2D eigenvalue weighted by atomic mass is 19.1. The van der Waals surface area contributed by atoms with Gasteiger partial charge in [0.25, 0.3) is 0 Å². The Hall–Kier alpha value is -2.36. The van der Waals surface area contributed by atoms with Gasteiger partial charge in [-0.25, -0.2) is 9.18 Å². The molecule has 3 nitrogen and oxygen atoms in total. The van der Waals surface area contributed by atoms with E-state index in [2.05, 4.69) is 13.8 Å². The van der Waals surface area contributed by atoms with E-state index in [0.717, 1.165) is 25.7 Å². The van der Waals surface area contributed by atoms with E-state index in [1.165, 1.54) is 37.5 Å². The van der Waals surface area contributed by atoms with Crippen molar-refractivity contribution < 1.29 is 18.7 Å². The van der Waals surface area contributed by atoms with E-state index in [0.29, 0.717) is 5.75 Å². The molecular formula is C24H29FO3. The van der Waals surface area contributed by atoms with E-state index in [9.17, 15) is 9.18 Å². The number of halogens is 1. The standard InChI is InChI=1S/C24H29FO3/c1-18(2)24(15-9-4-3-5-10-16-24)28-22-17-19(13-14-21(22)25)23(26)27-20-11-7-6-8-12-20/h6-8,11-14,17-18H,3-5,9-10,15-16H2,1-2H3. The van der Waals surface area contributed by atoms with Crippen LogP contribution in [0, 0.1) is 11.7 Å². The third kappa shape index (κ3) is 4.92. The summed E-state index contributed by atoms with van der Waals surface area (Å²) in [5.74, 6) is -0.120. The fourth-order valence-electron chi connectivity index (χ4n) is 3.88. The van der Waals surface area contributed by atoms with Crippen molar-refractivity contribution in [2.45, 2.75) is 64.4 Å². The van der Waals surface area contributed by atoms with Gasteiger partial charge in [-0.15, -0.1) is 0 Å². The molecule has 1 saturated carbocycles. The zero-order chi connectivity index (χ0) is 20.0. The molecule has 0 amide bonds. The molecule has 0 N–H and O–H groups in total. The van der Waals surface area contributed by atoms with Crippen LogP contribution in [-0.4, -0.2) is 11.6 Å². The van der Waals surface area contributed by atoms with Crippen LogP contribution >= 0.6 is 0 Å². The fraction of sp³-hybridized carbons (Fsp3) is 0.458. The van der Waals surface area contributed by atoms with Gasteiger partial charge < -0.3 is 9.47 Å². The largest absolute Gasteiger partial charge is 0.484 e. The van der Waals surface area contributed by atoms with Gasteiger partial charge >= 0.3 is 5.97 Å². The summed E-state index contributed by atoms with van der Waals surface area (Å²) < 4.78 is 26.3. The molecule has 150 valence electrons. The molecule has 28 heavy (non-hydrogen) atoms. The van der Waals surface area contributed by atoms with E-state index >= 15 is 0 Å². The summed E-state index contributed by atoms with van der Waals surface area (Å²) in [5.41, 5.74) is -0.117. The van der Waals surface area contributed by atoms with Gasteiger partial charge in [-0.3, -0.25) is 0 Å². The number of hydrogen-bond acceptors (Lipinski definition) is 3. The van der Waals surface area contributed by atoms with Gasteiger partial charge in [-0.05, 0) is 61.9 Å². The van der Waals surface area contributed by atoms with Gasteiger partial charge in [-0.2, -0.15) is 0 Å². The molecule has 0 bridgehead atoms. The van der Waals surface area contributed by atoms with Gasteiger partial charge in [0.2, 0.25) is 0 Å². The normalized spacial score (nSPS) is 16.9. The van der Waals surface area contributed by atoms with E-state index in [-0.39, 0.29) is 17.2 Å². The van der Waals surface area contributed by atoms with Crippen LogP contribution in [0.25, 0.3) is 0 Å². The maximum absolute atomic E-state index is 14.6. The highest BCUT2D eigenvalue weighted by Gasteiger charge is 2.36. The quantitative estimate of drug-likeness (QED) is 0.432. The minimum Gasteiger partial charge on any atom is -0.484 e. The molecule has 1 aliphatic rings.